The van der Waals surface area contributed by atoms with Crippen LogP contribution in [0.25, 0.3) is 0 Å². The van der Waals surface area contributed by atoms with E-state index in [1.165, 1.54) is 25.7 Å². The topological polar surface area (TPSA) is 69.2 Å². The predicted molar refractivity (Wildman–Crippen MR) is 82.5 cm³/mol. The zero-order valence-electron chi connectivity index (χ0n) is 13.8. The Morgan fingerprint density at radius 1 is 1.10 bits per heavy atom. The minimum absolute atomic E-state index is 0. The van der Waals surface area contributed by atoms with Crippen LogP contribution in [-0.4, -0.2) is 29.9 Å². The summed E-state index contributed by atoms with van der Waals surface area (Å²) < 4.78 is 0. The van der Waals surface area contributed by atoms with Gasteiger partial charge in [0.05, 0.1) is 12.0 Å². The third-order valence-corrected chi connectivity index (χ3v) is 3.88. The molecule has 0 aliphatic rings. The fourth-order valence-electron chi connectivity index (χ4n) is 1.99. The van der Waals surface area contributed by atoms with E-state index in [0.717, 1.165) is 19.3 Å². The van der Waals surface area contributed by atoms with Gasteiger partial charge in [0, 0.05) is 6.42 Å². The summed E-state index contributed by atoms with van der Waals surface area (Å²) in [4.78, 5) is 22.5. The molecule has 0 aromatic heterocycles. The average Bonchev–Trinajstić information content (AvgIpc) is 2.42. The fourth-order valence-corrected chi connectivity index (χ4v) is 2.47. The molecule has 0 heterocycles. The second-order valence-corrected chi connectivity index (χ2v) is 6.08. The molecule has 0 radical (unpaired) electrons. The molecule has 0 spiro atoms. The van der Waals surface area contributed by atoms with E-state index < -0.39 is 12.0 Å². The van der Waals surface area contributed by atoms with E-state index in [1.54, 1.807) is 11.8 Å². The van der Waals surface area contributed by atoms with Crippen molar-refractivity contribution in [2.24, 2.45) is 0 Å². The normalized spacial score (nSPS) is 11.5. The maximum absolute atomic E-state index is 11.6. The van der Waals surface area contributed by atoms with Gasteiger partial charge in [-0.25, -0.2) is 0 Å². The van der Waals surface area contributed by atoms with Gasteiger partial charge < -0.3 is 15.2 Å². The Labute approximate surface area is 155 Å². The quantitative estimate of drug-likeness (QED) is 0.353. The van der Waals surface area contributed by atoms with Gasteiger partial charge in [0.25, 0.3) is 0 Å². The van der Waals surface area contributed by atoms with Crippen LogP contribution in [0.4, 0.5) is 0 Å². The van der Waals surface area contributed by atoms with Gasteiger partial charge >= 0.3 is 29.6 Å². The molecule has 0 fully saturated rings. The minimum Gasteiger partial charge on any atom is -0.548 e. The number of carbonyl (C=O) groups is 2. The van der Waals surface area contributed by atoms with E-state index in [9.17, 15) is 14.7 Å². The molecule has 118 valence electrons. The molecule has 1 atom stereocenters. The van der Waals surface area contributed by atoms with Crippen LogP contribution in [0.2, 0.25) is 0 Å². The Balaban J connectivity index is 0. The summed E-state index contributed by atoms with van der Waals surface area (Å²) in [5.41, 5.74) is 0. The first-order valence-electron chi connectivity index (χ1n) is 7.61. The number of carboxylic acid groups (broad SMARTS) is 1. The SMILES string of the molecule is CCCCCCCCCC(=O)NC(CCSC)C(=O)[O-].[Na+]. The monoisotopic (exact) mass is 325 g/mol. The molecule has 1 amide bonds. The molecule has 0 saturated heterocycles. The van der Waals surface area contributed by atoms with Crippen molar-refractivity contribution < 1.29 is 44.3 Å². The van der Waals surface area contributed by atoms with E-state index in [4.69, 9.17) is 0 Å². The van der Waals surface area contributed by atoms with Crippen molar-refractivity contribution in [1.29, 1.82) is 0 Å². The van der Waals surface area contributed by atoms with Gasteiger partial charge in [-0.2, -0.15) is 11.8 Å². The summed E-state index contributed by atoms with van der Waals surface area (Å²) in [6, 6.07) is -0.848. The van der Waals surface area contributed by atoms with E-state index in [1.807, 2.05) is 6.26 Å². The van der Waals surface area contributed by atoms with Gasteiger partial charge in [0.1, 0.15) is 0 Å². The Bertz CT molecular complexity index is 278. The van der Waals surface area contributed by atoms with Gasteiger partial charge in [-0.3, -0.25) is 4.79 Å². The molecule has 21 heavy (non-hydrogen) atoms. The van der Waals surface area contributed by atoms with Gasteiger partial charge in [-0.05, 0) is 24.9 Å². The van der Waals surface area contributed by atoms with Crippen molar-refractivity contribution in [2.75, 3.05) is 12.0 Å². The van der Waals surface area contributed by atoms with Gasteiger partial charge in [-0.15, -0.1) is 0 Å². The number of carbonyl (C=O) groups excluding carboxylic acids is 2. The Hall–Kier alpha value is 0.290. The van der Waals surface area contributed by atoms with Crippen LogP contribution in [-0.2, 0) is 9.59 Å². The van der Waals surface area contributed by atoms with Crippen LogP contribution >= 0.6 is 11.8 Å². The molecular weight excluding hydrogens is 297 g/mol. The first kappa shape index (κ1) is 23.6. The maximum Gasteiger partial charge on any atom is 1.00 e. The van der Waals surface area contributed by atoms with E-state index in [2.05, 4.69) is 12.2 Å². The van der Waals surface area contributed by atoms with Crippen molar-refractivity contribution in [3.8, 4) is 0 Å². The number of amides is 1. The third-order valence-electron chi connectivity index (χ3n) is 3.24. The zero-order valence-corrected chi connectivity index (χ0v) is 16.6. The summed E-state index contributed by atoms with van der Waals surface area (Å²) in [5, 5.41) is 13.4. The second kappa shape index (κ2) is 16.7. The number of hydrogen-bond acceptors (Lipinski definition) is 4. The predicted octanol–water partition coefficient (Wildman–Crippen LogP) is -0.881. The van der Waals surface area contributed by atoms with Gasteiger partial charge in [0.15, 0.2) is 0 Å². The van der Waals surface area contributed by atoms with Crippen LogP contribution in [0.3, 0.4) is 0 Å². The number of nitrogens with one attached hydrogen (secondary N) is 1. The van der Waals surface area contributed by atoms with Crippen molar-refractivity contribution >= 4 is 23.6 Å². The van der Waals surface area contributed by atoms with Gasteiger partial charge in [0.2, 0.25) is 5.91 Å². The molecule has 0 aromatic carbocycles. The molecule has 0 bridgehead atoms. The largest absolute Gasteiger partial charge is 1.00 e. The number of rotatable bonds is 13. The molecule has 6 heteroatoms. The first-order chi connectivity index (χ1) is 9.61. The summed E-state index contributed by atoms with van der Waals surface area (Å²) in [6.07, 6.45) is 10.8. The van der Waals surface area contributed by atoms with E-state index in [-0.39, 0.29) is 35.5 Å². The van der Waals surface area contributed by atoms with Crippen LogP contribution in [0.5, 0.6) is 0 Å². The molecular formula is C15H28NNaO3S. The third kappa shape index (κ3) is 15.0. The number of hydrogen-bond donors (Lipinski definition) is 1. The molecule has 0 aliphatic heterocycles. The Morgan fingerprint density at radius 2 is 1.67 bits per heavy atom. The van der Waals surface area contributed by atoms with Crippen LogP contribution in [0.1, 0.15) is 64.7 Å². The van der Waals surface area contributed by atoms with Crippen molar-refractivity contribution in [3.63, 3.8) is 0 Å². The van der Waals surface area contributed by atoms with Crippen molar-refractivity contribution in [2.45, 2.75) is 70.8 Å². The first-order valence-corrected chi connectivity index (χ1v) is 9.00. The molecule has 1 unspecified atom stereocenters. The Morgan fingerprint density at radius 3 is 2.19 bits per heavy atom. The summed E-state index contributed by atoms with van der Waals surface area (Å²) in [5.74, 6) is -0.656. The molecule has 1 N–H and O–H groups in total. The second-order valence-electron chi connectivity index (χ2n) is 5.09. The number of thioether (sulfide) groups is 1. The number of unbranched alkanes of at least 4 members (excludes halogenated alkanes) is 6. The minimum atomic E-state index is -1.19. The van der Waals surface area contributed by atoms with Crippen molar-refractivity contribution in [1.82, 2.24) is 5.32 Å². The smallest absolute Gasteiger partial charge is 0.548 e. The van der Waals surface area contributed by atoms with Gasteiger partial charge in [-0.1, -0.05) is 45.4 Å². The molecule has 0 aliphatic carbocycles. The summed E-state index contributed by atoms with van der Waals surface area (Å²) in [7, 11) is 0. The zero-order chi connectivity index (χ0) is 15.2. The van der Waals surface area contributed by atoms with Crippen LogP contribution < -0.4 is 40.0 Å². The Kier molecular flexibility index (Phi) is 18.7. The van der Waals surface area contributed by atoms with Crippen molar-refractivity contribution in [3.05, 3.63) is 0 Å². The molecule has 0 rings (SSSR count). The van der Waals surface area contributed by atoms with E-state index >= 15 is 0 Å². The average molecular weight is 325 g/mol. The standard InChI is InChI=1S/C15H29NO3S.Na/c1-3-4-5-6-7-8-9-10-14(17)16-13(15(18)19)11-12-20-2;/h13H,3-12H2,1-2H3,(H,16,17)(H,18,19);/q;+1/p-1. The fraction of sp³-hybridized carbons (Fsp3) is 0.867. The molecule has 4 nitrogen and oxygen atoms in total. The molecule has 0 aromatic rings. The van der Waals surface area contributed by atoms with Crippen LogP contribution in [0, 0.1) is 0 Å². The summed E-state index contributed by atoms with van der Waals surface area (Å²) in [6.45, 7) is 2.19. The molecule has 0 saturated carbocycles. The maximum atomic E-state index is 11.6. The number of aliphatic carboxylic acids is 1. The number of carboxylic acids is 1. The van der Waals surface area contributed by atoms with Crippen LogP contribution in [0.15, 0.2) is 0 Å². The van der Waals surface area contributed by atoms with E-state index in [0.29, 0.717) is 18.6 Å². The summed E-state index contributed by atoms with van der Waals surface area (Å²) >= 11 is 1.56.